The molecule has 0 atom stereocenters. The number of benzene rings is 1. The molecular formula is C24H42N4O2. The summed E-state index contributed by atoms with van der Waals surface area (Å²) >= 11 is 0. The number of unbranched alkanes of at least 4 members (excludes halogenated alkanes) is 2. The molecule has 6 heteroatoms. The van der Waals surface area contributed by atoms with Gasteiger partial charge in [-0.25, -0.2) is 0 Å². The molecule has 0 heterocycles. The van der Waals surface area contributed by atoms with E-state index in [-0.39, 0.29) is 11.8 Å². The topological polar surface area (TPSA) is 47.1 Å². The Kier molecular flexibility index (Phi) is 12.3. The van der Waals surface area contributed by atoms with Gasteiger partial charge in [0.1, 0.15) is 0 Å². The zero-order chi connectivity index (χ0) is 22.5. The van der Waals surface area contributed by atoms with E-state index in [1.54, 1.807) is 34.1 Å². The molecule has 6 nitrogen and oxygen atoms in total. The quantitative estimate of drug-likeness (QED) is 0.465. The minimum absolute atomic E-state index is 0.0104. The minimum Gasteiger partial charge on any atom is -0.340 e. The highest BCUT2D eigenvalue weighted by Gasteiger charge is 2.15. The fraction of sp³-hybridized carbons (Fsp3) is 0.667. The zero-order valence-corrected chi connectivity index (χ0v) is 20.0. The second-order valence-corrected chi connectivity index (χ2v) is 8.34. The summed E-state index contributed by atoms with van der Waals surface area (Å²) in [6, 6.07) is 7.03. The van der Waals surface area contributed by atoms with E-state index in [0.717, 1.165) is 26.2 Å². The molecule has 1 rings (SSSR count). The Morgan fingerprint density at radius 1 is 0.600 bits per heavy atom. The average Bonchev–Trinajstić information content (AvgIpc) is 2.77. The fourth-order valence-electron chi connectivity index (χ4n) is 3.12. The van der Waals surface area contributed by atoms with Gasteiger partial charge in [0.15, 0.2) is 0 Å². The third kappa shape index (κ3) is 9.26. The Morgan fingerprint density at radius 3 is 1.23 bits per heavy atom. The van der Waals surface area contributed by atoms with Gasteiger partial charge >= 0.3 is 0 Å². The van der Waals surface area contributed by atoms with Crippen LogP contribution in [-0.2, 0) is 0 Å². The molecule has 0 saturated carbocycles. The van der Waals surface area contributed by atoms with Crippen molar-refractivity contribution in [3.8, 4) is 0 Å². The van der Waals surface area contributed by atoms with Crippen molar-refractivity contribution in [1.82, 2.24) is 19.6 Å². The number of hydrogen-bond acceptors (Lipinski definition) is 4. The van der Waals surface area contributed by atoms with Gasteiger partial charge < -0.3 is 19.6 Å². The van der Waals surface area contributed by atoms with E-state index in [2.05, 4.69) is 37.7 Å². The van der Waals surface area contributed by atoms with E-state index >= 15 is 0 Å². The zero-order valence-electron chi connectivity index (χ0n) is 20.0. The van der Waals surface area contributed by atoms with Crippen molar-refractivity contribution in [2.75, 3.05) is 67.5 Å². The van der Waals surface area contributed by atoms with E-state index in [4.69, 9.17) is 0 Å². The summed E-state index contributed by atoms with van der Waals surface area (Å²) in [5.41, 5.74) is 1.24. The van der Waals surface area contributed by atoms with Gasteiger partial charge in [-0.15, -0.1) is 0 Å². The summed E-state index contributed by atoms with van der Waals surface area (Å²) in [4.78, 5) is 33.3. The van der Waals surface area contributed by atoms with Crippen LogP contribution in [0, 0.1) is 0 Å². The van der Waals surface area contributed by atoms with Crippen LogP contribution in [0.25, 0.3) is 0 Å². The van der Waals surface area contributed by atoms with Gasteiger partial charge in [-0.1, -0.05) is 26.7 Å². The van der Waals surface area contributed by atoms with Crippen LogP contribution in [-0.4, -0.2) is 98.9 Å². The third-order valence-corrected chi connectivity index (χ3v) is 5.49. The van der Waals surface area contributed by atoms with E-state index in [1.165, 1.54) is 25.7 Å². The Hall–Kier alpha value is -1.92. The second kappa shape index (κ2) is 14.1. The molecule has 0 aromatic heterocycles. The van der Waals surface area contributed by atoms with E-state index in [0.29, 0.717) is 24.2 Å². The molecule has 0 saturated heterocycles. The molecule has 0 aliphatic carbocycles. The van der Waals surface area contributed by atoms with Crippen LogP contribution in [0.1, 0.15) is 60.2 Å². The molecule has 0 aliphatic heterocycles. The molecule has 0 radical (unpaired) electrons. The van der Waals surface area contributed by atoms with Crippen LogP contribution in [0.5, 0.6) is 0 Å². The average molecular weight is 419 g/mol. The number of hydrogen-bond donors (Lipinski definition) is 0. The molecule has 170 valence electrons. The van der Waals surface area contributed by atoms with Gasteiger partial charge in [0.05, 0.1) is 0 Å². The lowest BCUT2D eigenvalue weighted by molar-refractivity contribution is 0.0771. The van der Waals surface area contributed by atoms with Gasteiger partial charge in [-0.2, -0.15) is 0 Å². The normalized spacial score (nSPS) is 11.2. The van der Waals surface area contributed by atoms with Crippen molar-refractivity contribution in [1.29, 1.82) is 0 Å². The molecule has 1 aromatic carbocycles. The smallest absolute Gasteiger partial charge is 0.253 e. The predicted octanol–water partition coefficient (Wildman–Crippen LogP) is 3.29. The molecule has 0 bridgehead atoms. The molecule has 0 spiro atoms. The Morgan fingerprint density at radius 2 is 0.933 bits per heavy atom. The Balaban J connectivity index is 2.54. The highest BCUT2D eigenvalue weighted by molar-refractivity contribution is 5.97. The summed E-state index contributed by atoms with van der Waals surface area (Å²) in [6.45, 7) is 9.56. The molecule has 2 amide bonds. The number of rotatable bonds is 14. The van der Waals surface area contributed by atoms with Crippen LogP contribution in [0.4, 0.5) is 0 Å². The highest BCUT2D eigenvalue weighted by Crippen LogP contribution is 2.09. The summed E-state index contributed by atoms with van der Waals surface area (Å²) < 4.78 is 0. The number of nitrogens with zero attached hydrogens (tertiary/aromatic N) is 4. The highest BCUT2D eigenvalue weighted by atomic mass is 16.2. The second-order valence-electron chi connectivity index (χ2n) is 8.34. The largest absolute Gasteiger partial charge is 0.340 e. The lowest BCUT2D eigenvalue weighted by atomic mass is 10.1. The van der Waals surface area contributed by atoms with Crippen LogP contribution in [0.2, 0.25) is 0 Å². The van der Waals surface area contributed by atoms with Gasteiger partial charge in [0, 0.05) is 51.4 Å². The van der Waals surface area contributed by atoms with Crippen LogP contribution >= 0.6 is 0 Å². The maximum Gasteiger partial charge on any atom is 0.253 e. The van der Waals surface area contributed by atoms with E-state index < -0.39 is 0 Å². The van der Waals surface area contributed by atoms with Crippen molar-refractivity contribution < 1.29 is 9.59 Å². The maximum atomic E-state index is 12.7. The third-order valence-electron chi connectivity index (χ3n) is 5.49. The van der Waals surface area contributed by atoms with Crippen LogP contribution in [0.3, 0.4) is 0 Å². The first-order valence-electron chi connectivity index (χ1n) is 11.3. The van der Waals surface area contributed by atoms with Crippen molar-refractivity contribution in [2.45, 2.75) is 39.5 Å². The number of carbonyl (C=O) groups is 2. The number of likely N-dealkylation sites (N-methyl/N-ethyl adjacent to an activating group) is 4. The van der Waals surface area contributed by atoms with Crippen LogP contribution in [0.15, 0.2) is 24.3 Å². The van der Waals surface area contributed by atoms with E-state index in [1.807, 2.05) is 14.1 Å². The molecular weight excluding hydrogens is 376 g/mol. The van der Waals surface area contributed by atoms with Gasteiger partial charge in [0.25, 0.3) is 11.8 Å². The number of amides is 2. The lowest BCUT2D eigenvalue weighted by Crippen LogP contribution is -2.35. The first-order valence-corrected chi connectivity index (χ1v) is 11.3. The summed E-state index contributed by atoms with van der Waals surface area (Å²) in [5, 5.41) is 0. The first-order chi connectivity index (χ1) is 14.3. The lowest BCUT2D eigenvalue weighted by Gasteiger charge is -2.23. The van der Waals surface area contributed by atoms with Crippen molar-refractivity contribution in [2.24, 2.45) is 0 Å². The maximum absolute atomic E-state index is 12.7. The van der Waals surface area contributed by atoms with Gasteiger partial charge in [-0.3, -0.25) is 9.59 Å². The molecule has 0 unspecified atom stereocenters. The van der Waals surface area contributed by atoms with Crippen molar-refractivity contribution in [3.63, 3.8) is 0 Å². The minimum atomic E-state index is -0.0104. The summed E-state index contributed by atoms with van der Waals surface area (Å²) in [7, 11) is 7.84. The summed E-state index contributed by atoms with van der Waals surface area (Å²) in [5.74, 6) is -0.0208. The monoisotopic (exact) mass is 418 g/mol. The fourth-order valence-corrected chi connectivity index (χ4v) is 3.12. The SMILES string of the molecule is CCCCN(C)CCN(C)C(=O)c1ccc(C(=O)N(C)CCN(C)CCCC)cc1. The first kappa shape index (κ1) is 26.1. The van der Waals surface area contributed by atoms with Gasteiger partial charge in [0.2, 0.25) is 0 Å². The standard InChI is InChI=1S/C24H42N4O2/c1-7-9-15-25(3)17-19-27(5)23(29)21-11-13-22(14-12-21)24(30)28(6)20-18-26(4)16-10-8-2/h11-14H,7-10,15-20H2,1-6H3. The Bertz CT molecular complexity index is 578. The van der Waals surface area contributed by atoms with Crippen molar-refractivity contribution >= 4 is 11.8 Å². The van der Waals surface area contributed by atoms with E-state index in [9.17, 15) is 9.59 Å². The number of carbonyl (C=O) groups excluding carboxylic acids is 2. The van der Waals surface area contributed by atoms with Crippen molar-refractivity contribution in [3.05, 3.63) is 35.4 Å². The van der Waals surface area contributed by atoms with Gasteiger partial charge in [-0.05, 0) is 64.3 Å². The van der Waals surface area contributed by atoms with Crippen LogP contribution < -0.4 is 0 Å². The summed E-state index contributed by atoms with van der Waals surface area (Å²) in [6.07, 6.45) is 4.70. The molecule has 0 fully saturated rings. The molecule has 0 aliphatic rings. The Labute approximate surface area is 183 Å². The molecule has 30 heavy (non-hydrogen) atoms. The predicted molar refractivity (Wildman–Crippen MR) is 125 cm³/mol. The molecule has 0 N–H and O–H groups in total. The molecule has 1 aromatic rings.